The summed E-state index contributed by atoms with van der Waals surface area (Å²) < 4.78 is 18.7. The predicted octanol–water partition coefficient (Wildman–Crippen LogP) is 2.88. The van der Waals surface area contributed by atoms with Gasteiger partial charge in [-0.2, -0.15) is 15.3 Å². The first-order chi connectivity index (χ1) is 13.6. The van der Waals surface area contributed by atoms with Gasteiger partial charge in [-0.25, -0.2) is 4.39 Å². The van der Waals surface area contributed by atoms with E-state index in [1.807, 2.05) is 6.07 Å². The number of rotatable bonds is 6. The van der Waals surface area contributed by atoms with Gasteiger partial charge in [0.05, 0.1) is 6.54 Å². The molecule has 1 N–H and O–H groups in total. The molecule has 8 nitrogen and oxygen atoms in total. The molecule has 0 bridgehead atoms. The Morgan fingerprint density at radius 2 is 1.89 bits per heavy atom. The summed E-state index contributed by atoms with van der Waals surface area (Å²) in [7, 11) is 0. The van der Waals surface area contributed by atoms with Crippen LogP contribution in [0.15, 0.2) is 61.2 Å². The van der Waals surface area contributed by atoms with Crippen LogP contribution in [0, 0.1) is 5.82 Å². The van der Waals surface area contributed by atoms with Gasteiger partial charge in [0.1, 0.15) is 12.5 Å². The van der Waals surface area contributed by atoms with Crippen molar-refractivity contribution >= 4 is 23.3 Å². The van der Waals surface area contributed by atoms with Gasteiger partial charge in [-0.1, -0.05) is 17.7 Å². The molecule has 10 heteroatoms. The van der Waals surface area contributed by atoms with E-state index >= 15 is 0 Å². The van der Waals surface area contributed by atoms with Crippen molar-refractivity contribution in [3.63, 3.8) is 0 Å². The summed E-state index contributed by atoms with van der Waals surface area (Å²) in [6, 6.07) is 9.53. The second-order valence-corrected chi connectivity index (χ2v) is 6.39. The van der Waals surface area contributed by atoms with Gasteiger partial charge in [0, 0.05) is 41.4 Å². The number of carbonyl (C=O) groups is 1. The van der Waals surface area contributed by atoms with Crippen LogP contribution in [-0.2, 0) is 13.2 Å². The third kappa shape index (κ3) is 3.94. The molecule has 0 spiro atoms. The van der Waals surface area contributed by atoms with Crippen LogP contribution in [0.3, 0.4) is 0 Å². The fourth-order valence-corrected chi connectivity index (χ4v) is 2.86. The van der Waals surface area contributed by atoms with Crippen molar-refractivity contribution in [2.75, 3.05) is 5.32 Å². The molecule has 0 aliphatic rings. The standard InChI is InChI=1S/C18H15ClFN7O/c19-14-3-1-4-15(20)13(14)11-25-10-6-17(24-25)22-18(28)16-5-9-27(23-16)12-26-8-2-7-21-26/h1-10H,11-12H2,(H,22,24,28). The highest BCUT2D eigenvalue weighted by Gasteiger charge is 2.13. The van der Waals surface area contributed by atoms with Gasteiger partial charge in [-0.05, 0) is 24.3 Å². The second kappa shape index (κ2) is 7.65. The third-order valence-corrected chi connectivity index (χ3v) is 4.34. The smallest absolute Gasteiger partial charge is 0.277 e. The monoisotopic (exact) mass is 399 g/mol. The molecule has 1 amide bonds. The van der Waals surface area contributed by atoms with E-state index in [1.165, 1.54) is 10.7 Å². The fourth-order valence-electron chi connectivity index (χ4n) is 2.64. The Labute approximate surface area is 164 Å². The summed E-state index contributed by atoms with van der Waals surface area (Å²) in [5.41, 5.74) is 0.585. The second-order valence-electron chi connectivity index (χ2n) is 5.98. The van der Waals surface area contributed by atoms with E-state index < -0.39 is 11.7 Å². The maximum absolute atomic E-state index is 13.9. The zero-order valence-electron chi connectivity index (χ0n) is 14.5. The van der Waals surface area contributed by atoms with E-state index in [9.17, 15) is 9.18 Å². The zero-order valence-corrected chi connectivity index (χ0v) is 15.3. The van der Waals surface area contributed by atoms with Crippen LogP contribution in [0.25, 0.3) is 0 Å². The van der Waals surface area contributed by atoms with Gasteiger partial charge in [0.25, 0.3) is 5.91 Å². The third-order valence-electron chi connectivity index (χ3n) is 3.99. The van der Waals surface area contributed by atoms with Crippen LogP contribution >= 0.6 is 11.6 Å². The lowest BCUT2D eigenvalue weighted by molar-refractivity contribution is 0.102. The zero-order chi connectivity index (χ0) is 19.5. The van der Waals surface area contributed by atoms with Crippen molar-refractivity contribution in [2.45, 2.75) is 13.2 Å². The van der Waals surface area contributed by atoms with Crippen LogP contribution in [-0.4, -0.2) is 35.2 Å². The van der Waals surface area contributed by atoms with E-state index in [-0.39, 0.29) is 12.2 Å². The molecule has 0 saturated carbocycles. The van der Waals surface area contributed by atoms with Crippen LogP contribution in [0.5, 0.6) is 0 Å². The Morgan fingerprint density at radius 1 is 1.04 bits per heavy atom. The SMILES string of the molecule is O=C(Nc1ccn(Cc2c(F)cccc2Cl)n1)c1ccn(Cn2cccn2)n1. The minimum absolute atomic E-state index is 0.153. The minimum atomic E-state index is -0.406. The Morgan fingerprint density at radius 3 is 2.68 bits per heavy atom. The molecule has 3 heterocycles. The van der Waals surface area contributed by atoms with Crippen LogP contribution in [0.4, 0.5) is 10.2 Å². The molecule has 0 aliphatic heterocycles. The van der Waals surface area contributed by atoms with Crippen molar-refractivity contribution in [3.05, 3.63) is 83.3 Å². The van der Waals surface area contributed by atoms with E-state index in [0.29, 0.717) is 23.1 Å². The summed E-state index contributed by atoms with van der Waals surface area (Å²) >= 11 is 6.04. The number of anilines is 1. The molecule has 0 unspecified atom stereocenters. The van der Waals surface area contributed by atoms with Gasteiger partial charge in [-0.3, -0.25) is 18.8 Å². The van der Waals surface area contributed by atoms with Crippen molar-refractivity contribution in [1.29, 1.82) is 0 Å². The number of hydrogen-bond acceptors (Lipinski definition) is 4. The summed E-state index contributed by atoms with van der Waals surface area (Å²) in [4.78, 5) is 12.4. The lowest BCUT2D eigenvalue weighted by atomic mass is 10.2. The quantitative estimate of drug-likeness (QED) is 0.540. The highest BCUT2D eigenvalue weighted by atomic mass is 35.5. The molecule has 4 aromatic rings. The van der Waals surface area contributed by atoms with Gasteiger partial charge >= 0.3 is 0 Å². The molecule has 3 aromatic heterocycles. The first kappa shape index (κ1) is 17.9. The van der Waals surface area contributed by atoms with Crippen LogP contribution in [0.1, 0.15) is 16.1 Å². The van der Waals surface area contributed by atoms with Crippen LogP contribution < -0.4 is 5.32 Å². The number of benzene rings is 1. The minimum Gasteiger partial charge on any atom is -0.304 e. The molecular formula is C18H15ClFN7O. The van der Waals surface area contributed by atoms with Crippen molar-refractivity contribution in [3.8, 4) is 0 Å². The van der Waals surface area contributed by atoms with E-state index in [4.69, 9.17) is 11.6 Å². The summed E-state index contributed by atoms with van der Waals surface area (Å²) in [5, 5.41) is 15.5. The fraction of sp³-hybridized carbons (Fsp3) is 0.111. The van der Waals surface area contributed by atoms with Gasteiger partial charge < -0.3 is 5.32 Å². The highest BCUT2D eigenvalue weighted by Crippen LogP contribution is 2.20. The van der Waals surface area contributed by atoms with Crippen molar-refractivity contribution in [1.82, 2.24) is 29.3 Å². The van der Waals surface area contributed by atoms with Gasteiger partial charge in [-0.15, -0.1) is 0 Å². The van der Waals surface area contributed by atoms with Gasteiger partial charge in [0.2, 0.25) is 0 Å². The number of hydrogen-bond donors (Lipinski definition) is 1. The number of nitrogens with zero attached hydrogens (tertiary/aromatic N) is 6. The molecule has 0 radical (unpaired) electrons. The van der Waals surface area contributed by atoms with Gasteiger partial charge in [0.15, 0.2) is 11.5 Å². The first-order valence-corrected chi connectivity index (χ1v) is 8.75. The first-order valence-electron chi connectivity index (χ1n) is 8.37. The molecular weight excluding hydrogens is 385 g/mol. The Kier molecular flexibility index (Phi) is 4.90. The highest BCUT2D eigenvalue weighted by molar-refractivity contribution is 6.31. The topological polar surface area (TPSA) is 82.6 Å². The van der Waals surface area contributed by atoms with Crippen LogP contribution in [0.2, 0.25) is 5.02 Å². The Bertz CT molecular complexity index is 1080. The number of halogens is 2. The van der Waals surface area contributed by atoms with Crippen molar-refractivity contribution < 1.29 is 9.18 Å². The number of nitrogens with one attached hydrogen (secondary N) is 1. The Hall–Kier alpha value is -3.46. The lowest BCUT2D eigenvalue weighted by Gasteiger charge is -2.06. The molecule has 0 saturated heterocycles. The largest absolute Gasteiger partial charge is 0.304 e. The average molecular weight is 400 g/mol. The maximum atomic E-state index is 13.9. The molecule has 0 aliphatic carbocycles. The maximum Gasteiger partial charge on any atom is 0.277 e. The number of carbonyl (C=O) groups excluding carboxylic acids is 1. The van der Waals surface area contributed by atoms with Crippen molar-refractivity contribution in [2.24, 2.45) is 0 Å². The molecule has 0 atom stereocenters. The predicted molar refractivity (Wildman–Crippen MR) is 101 cm³/mol. The molecule has 0 fully saturated rings. The molecule has 142 valence electrons. The average Bonchev–Trinajstić information content (AvgIpc) is 3.41. The number of amides is 1. The number of aromatic nitrogens is 6. The molecule has 4 rings (SSSR count). The summed E-state index contributed by atoms with van der Waals surface area (Å²) in [5.74, 6) is -0.469. The summed E-state index contributed by atoms with van der Waals surface area (Å²) in [6.45, 7) is 0.554. The lowest BCUT2D eigenvalue weighted by Crippen LogP contribution is -2.15. The van der Waals surface area contributed by atoms with E-state index in [2.05, 4.69) is 20.6 Å². The van der Waals surface area contributed by atoms with E-state index in [1.54, 1.807) is 58.4 Å². The Balaban J connectivity index is 1.41. The normalized spacial score (nSPS) is 10.9. The molecule has 28 heavy (non-hydrogen) atoms. The summed E-state index contributed by atoms with van der Waals surface area (Å²) in [6.07, 6.45) is 6.79. The van der Waals surface area contributed by atoms with E-state index in [0.717, 1.165) is 0 Å². The molecule has 1 aromatic carbocycles.